The number of rotatable bonds is 4. The molecule has 0 radical (unpaired) electrons. The fourth-order valence-electron chi connectivity index (χ4n) is 0.652. The first-order valence-electron chi connectivity index (χ1n) is 3.59. The van der Waals surface area contributed by atoms with Crippen molar-refractivity contribution in [1.29, 1.82) is 0 Å². The molecule has 0 fully saturated rings. The minimum Gasteiger partial charge on any atom is -1.00 e. The van der Waals surface area contributed by atoms with Crippen LogP contribution in [-0.4, -0.2) is 56.9 Å². The van der Waals surface area contributed by atoms with Gasteiger partial charge in [0.25, 0.3) is 0 Å². The van der Waals surface area contributed by atoms with Gasteiger partial charge in [0, 0.05) is 0 Å². The number of hydrogen-bond donors (Lipinski definition) is 1. The van der Waals surface area contributed by atoms with Crippen LogP contribution in [0.25, 0.3) is 0 Å². The number of ether oxygens (including phenoxy) is 1. The summed E-state index contributed by atoms with van der Waals surface area (Å²) < 4.78 is 4.76. The monoisotopic (exact) mass is 187 g/mol. The number of nitrogens with two attached hydrogens (primary N) is 1. The zero-order valence-corrected chi connectivity index (χ0v) is 9.51. The molecule has 0 aromatic rings. The molecule has 1 unspecified atom stereocenters. The summed E-state index contributed by atoms with van der Waals surface area (Å²) in [5.74, 6) is -0.196. The van der Waals surface area contributed by atoms with Crippen LogP contribution in [0.1, 0.15) is 23.1 Å². The molecular formula is C7H17CaNO2. The standard InChI is InChI=1S/C7H15NO2.Ca.2H/c1-3-10-7(9)6(2)4-5-8;;;/h6H,3-5,8H2,1-2H3;;;/q;+2;2*-1. The Morgan fingerprint density at radius 2 is 2.27 bits per heavy atom. The quantitative estimate of drug-likeness (QED) is 0.511. The van der Waals surface area contributed by atoms with Crippen LogP contribution in [0.3, 0.4) is 0 Å². The van der Waals surface area contributed by atoms with Crippen molar-refractivity contribution in [3.05, 3.63) is 0 Å². The van der Waals surface area contributed by atoms with E-state index in [2.05, 4.69) is 0 Å². The molecule has 0 aliphatic carbocycles. The van der Waals surface area contributed by atoms with Crippen LogP contribution < -0.4 is 5.73 Å². The number of hydrogen-bond acceptors (Lipinski definition) is 3. The molecule has 3 nitrogen and oxygen atoms in total. The smallest absolute Gasteiger partial charge is 1.00 e. The predicted molar refractivity (Wildman–Crippen MR) is 47.4 cm³/mol. The molecule has 0 aromatic carbocycles. The fraction of sp³-hybridized carbons (Fsp3) is 0.857. The topological polar surface area (TPSA) is 52.3 Å². The molecule has 0 saturated carbocycles. The van der Waals surface area contributed by atoms with Crippen LogP contribution in [0.4, 0.5) is 0 Å². The summed E-state index contributed by atoms with van der Waals surface area (Å²) >= 11 is 0. The van der Waals surface area contributed by atoms with Crippen molar-refractivity contribution in [2.45, 2.75) is 20.3 Å². The van der Waals surface area contributed by atoms with Gasteiger partial charge >= 0.3 is 43.7 Å². The van der Waals surface area contributed by atoms with Crippen LogP contribution in [0, 0.1) is 5.92 Å². The Hall–Kier alpha value is 0.690. The van der Waals surface area contributed by atoms with E-state index < -0.39 is 0 Å². The van der Waals surface area contributed by atoms with Crippen LogP contribution in [0.5, 0.6) is 0 Å². The van der Waals surface area contributed by atoms with Gasteiger partial charge in [-0.05, 0) is 19.9 Å². The second-order valence-corrected chi connectivity index (χ2v) is 2.23. The van der Waals surface area contributed by atoms with E-state index in [4.69, 9.17) is 10.5 Å². The van der Waals surface area contributed by atoms with Gasteiger partial charge in [0.05, 0.1) is 12.5 Å². The summed E-state index contributed by atoms with van der Waals surface area (Å²) in [6.45, 7) is 4.62. The summed E-state index contributed by atoms with van der Waals surface area (Å²) in [6.07, 6.45) is 0.707. The minimum atomic E-state index is -0.145. The number of esters is 1. The van der Waals surface area contributed by atoms with E-state index in [9.17, 15) is 4.79 Å². The molecule has 0 aliphatic heterocycles. The second kappa shape index (κ2) is 8.78. The first-order chi connectivity index (χ1) is 4.72. The number of carbonyl (C=O) groups excluding carboxylic acids is 1. The Kier molecular flexibility index (Phi) is 11.4. The maximum absolute atomic E-state index is 10.9. The summed E-state index contributed by atoms with van der Waals surface area (Å²) in [7, 11) is 0. The van der Waals surface area contributed by atoms with E-state index in [0.29, 0.717) is 19.6 Å². The molecule has 0 rings (SSSR count). The molecule has 0 aliphatic rings. The summed E-state index contributed by atoms with van der Waals surface area (Å²) in [5.41, 5.74) is 5.26. The molecule has 0 aromatic heterocycles. The zero-order valence-electron chi connectivity index (χ0n) is 9.30. The molecule has 64 valence electrons. The van der Waals surface area contributed by atoms with Gasteiger partial charge in [-0.25, -0.2) is 0 Å². The average molecular weight is 187 g/mol. The van der Waals surface area contributed by atoms with E-state index >= 15 is 0 Å². The van der Waals surface area contributed by atoms with Crippen LogP contribution in [0.2, 0.25) is 0 Å². The van der Waals surface area contributed by atoms with Crippen LogP contribution in [-0.2, 0) is 9.53 Å². The molecule has 1 atom stereocenters. The molecule has 0 spiro atoms. The molecule has 0 bridgehead atoms. The molecule has 0 heterocycles. The second-order valence-electron chi connectivity index (χ2n) is 2.23. The van der Waals surface area contributed by atoms with E-state index in [1.165, 1.54) is 0 Å². The molecule has 11 heavy (non-hydrogen) atoms. The minimum absolute atomic E-state index is 0. The van der Waals surface area contributed by atoms with Gasteiger partial charge in [-0.1, -0.05) is 6.92 Å². The zero-order chi connectivity index (χ0) is 7.98. The van der Waals surface area contributed by atoms with Crippen molar-refractivity contribution >= 4 is 43.7 Å². The Bertz CT molecular complexity index is 117. The van der Waals surface area contributed by atoms with Crippen molar-refractivity contribution < 1.29 is 12.4 Å². The maximum Gasteiger partial charge on any atom is 2.00 e. The first kappa shape index (κ1) is 14.2. The maximum atomic E-state index is 10.9. The van der Waals surface area contributed by atoms with Crippen molar-refractivity contribution in [2.75, 3.05) is 13.2 Å². The Morgan fingerprint density at radius 1 is 1.73 bits per heavy atom. The van der Waals surface area contributed by atoms with Crippen molar-refractivity contribution in [3.63, 3.8) is 0 Å². The van der Waals surface area contributed by atoms with Gasteiger partial charge in [0.2, 0.25) is 0 Å². The van der Waals surface area contributed by atoms with Gasteiger partial charge in [0.1, 0.15) is 0 Å². The Balaban J connectivity index is -0.000000135. The fourth-order valence-corrected chi connectivity index (χ4v) is 0.652. The van der Waals surface area contributed by atoms with Crippen LogP contribution >= 0.6 is 0 Å². The van der Waals surface area contributed by atoms with Gasteiger partial charge in [-0.2, -0.15) is 0 Å². The molecule has 0 saturated heterocycles. The third-order valence-corrected chi connectivity index (χ3v) is 1.29. The van der Waals surface area contributed by atoms with Gasteiger partial charge in [-0.3, -0.25) is 4.79 Å². The Labute approximate surface area is 101 Å². The average Bonchev–Trinajstić information content (AvgIpc) is 1.89. The normalized spacial score (nSPS) is 11.5. The van der Waals surface area contributed by atoms with E-state index in [1.807, 2.05) is 6.92 Å². The van der Waals surface area contributed by atoms with Crippen molar-refractivity contribution in [2.24, 2.45) is 11.7 Å². The number of carbonyl (C=O) groups is 1. The molecular weight excluding hydrogens is 170 g/mol. The third-order valence-electron chi connectivity index (χ3n) is 1.29. The van der Waals surface area contributed by atoms with Crippen LogP contribution in [0.15, 0.2) is 0 Å². The summed E-state index contributed by atoms with van der Waals surface area (Å²) in [5, 5.41) is 0. The molecule has 2 N–H and O–H groups in total. The van der Waals surface area contributed by atoms with E-state index in [-0.39, 0.29) is 52.5 Å². The van der Waals surface area contributed by atoms with Gasteiger partial charge in [0.15, 0.2) is 0 Å². The van der Waals surface area contributed by atoms with Crippen molar-refractivity contribution in [3.8, 4) is 0 Å². The third kappa shape index (κ3) is 7.06. The first-order valence-corrected chi connectivity index (χ1v) is 3.59. The van der Waals surface area contributed by atoms with Crippen molar-refractivity contribution in [1.82, 2.24) is 0 Å². The van der Waals surface area contributed by atoms with E-state index in [1.54, 1.807) is 6.92 Å². The molecule has 4 heteroatoms. The van der Waals surface area contributed by atoms with Gasteiger partial charge in [-0.15, -0.1) is 0 Å². The molecule has 0 amide bonds. The summed E-state index contributed by atoms with van der Waals surface area (Å²) in [6, 6.07) is 0. The SMILES string of the molecule is CCOC(=O)C(C)CCN.[Ca+2].[H-].[H-]. The van der Waals surface area contributed by atoms with Gasteiger partial charge < -0.3 is 13.3 Å². The predicted octanol–water partition coefficient (Wildman–Crippen LogP) is 0.379. The largest absolute Gasteiger partial charge is 2.00 e. The van der Waals surface area contributed by atoms with E-state index in [0.717, 1.165) is 0 Å². The Morgan fingerprint density at radius 3 is 2.64 bits per heavy atom. The summed E-state index contributed by atoms with van der Waals surface area (Å²) in [4.78, 5) is 10.9.